The molecule has 4 heterocycles. The number of rotatable bonds is 3. The Kier molecular flexibility index (Phi) is 4.78. The van der Waals surface area contributed by atoms with E-state index in [2.05, 4.69) is 40.1 Å². The van der Waals surface area contributed by atoms with Crippen molar-refractivity contribution in [3.8, 4) is 11.3 Å². The van der Waals surface area contributed by atoms with E-state index in [0.717, 1.165) is 47.7 Å². The Hall–Kier alpha value is -3.19. The number of nitrogens with one attached hydrogen (secondary N) is 1. The molecule has 7 nitrogen and oxygen atoms in total. The molecule has 1 atom stereocenters. The summed E-state index contributed by atoms with van der Waals surface area (Å²) in [7, 11) is 0. The number of aryl methyl sites for hydroxylation is 2. The number of benzene rings is 1. The van der Waals surface area contributed by atoms with Gasteiger partial charge in [0, 0.05) is 55.2 Å². The van der Waals surface area contributed by atoms with E-state index >= 15 is 0 Å². The summed E-state index contributed by atoms with van der Waals surface area (Å²) in [6.45, 7) is 11.2. The third-order valence-electron chi connectivity index (χ3n) is 6.10. The highest BCUT2D eigenvalue weighted by atomic mass is 16.4. The fourth-order valence-electron chi connectivity index (χ4n) is 4.37. The first-order chi connectivity index (χ1) is 14.9. The maximum Gasteiger partial charge on any atom is 0.345 e. The molecule has 0 bridgehead atoms. The predicted molar refractivity (Wildman–Crippen MR) is 123 cm³/mol. The third kappa shape index (κ3) is 3.59. The Morgan fingerprint density at radius 3 is 2.81 bits per heavy atom. The van der Waals surface area contributed by atoms with E-state index in [9.17, 15) is 4.79 Å². The van der Waals surface area contributed by atoms with E-state index in [0.29, 0.717) is 28.8 Å². The van der Waals surface area contributed by atoms with Crippen molar-refractivity contribution in [3.63, 3.8) is 0 Å². The largest absolute Gasteiger partial charge is 0.422 e. The molecule has 5 rings (SSSR count). The van der Waals surface area contributed by atoms with E-state index in [1.54, 1.807) is 0 Å². The highest BCUT2D eigenvalue weighted by Gasteiger charge is 2.22. The zero-order valence-corrected chi connectivity index (χ0v) is 18.3. The van der Waals surface area contributed by atoms with Gasteiger partial charge in [-0.1, -0.05) is 13.8 Å². The molecule has 0 saturated carbocycles. The van der Waals surface area contributed by atoms with E-state index < -0.39 is 0 Å². The lowest BCUT2D eigenvalue weighted by atomic mass is 10.0. The van der Waals surface area contributed by atoms with Gasteiger partial charge in [-0.25, -0.2) is 9.78 Å². The lowest BCUT2D eigenvalue weighted by Crippen LogP contribution is -2.52. The number of imidazole rings is 1. The van der Waals surface area contributed by atoms with Crippen LogP contribution in [0.25, 0.3) is 27.9 Å². The average Bonchev–Trinajstić information content (AvgIpc) is 3.17. The SMILES string of the molecule is Cc1cn2cc(-c3cc4ccc(N5CCNC(C(C)C)C5)cc4oc3=O)nc2c(C)n1. The van der Waals surface area contributed by atoms with Gasteiger partial charge >= 0.3 is 5.63 Å². The van der Waals surface area contributed by atoms with Gasteiger partial charge < -0.3 is 19.0 Å². The highest BCUT2D eigenvalue weighted by Crippen LogP contribution is 2.26. The first-order valence-electron chi connectivity index (χ1n) is 10.8. The lowest BCUT2D eigenvalue weighted by Gasteiger charge is -2.37. The van der Waals surface area contributed by atoms with Gasteiger partial charge in [-0.3, -0.25) is 4.98 Å². The van der Waals surface area contributed by atoms with Crippen molar-refractivity contribution >= 4 is 22.3 Å². The highest BCUT2D eigenvalue weighted by molar-refractivity contribution is 5.84. The molecule has 1 saturated heterocycles. The molecule has 1 unspecified atom stereocenters. The minimum Gasteiger partial charge on any atom is -0.422 e. The number of piperazine rings is 1. The molecular weight excluding hydrogens is 390 g/mol. The molecule has 4 aromatic rings. The van der Waals surface area contributed by atoms with Gasteiger partial charge in [-0.2, -0.15) is 0 Å². The number of anilines is 1. The van der Waals surface area contributed by atoms with Crippen LogP contribution in [-0.2, 0) is 0 Å². The Balaban J connectivity index is 1.53. The van der Waals surface area contributed by atoms with Crippen molar-refractivity contribution in [1.29, 1.82) is 0 Å². The van der Waals surface area contributed by atoms with Crippen molar-refractivity contribution in [2.24, 2.45) is 5.92 Å². The Bertz CT molecular complexity index is 1340. The zero-order valence-electron chi connectivity index (χ0n) is 18.3. The topological polar surface area (TPSA) is 75.7 Å². The number of fused-ring (bicyclic) bond motifs is 2. The number of hydrogen-bond donors (Lipinski definition) is 1. The molecule has 1 aliphatic heterocycles. The zero-order chi connectivity index (χ0) is 21.7. The van der Waals surface area contributed by atoms with Gasteiger partial charge in [0.15, 0.2) is 5.65 Å². The minimum atomic E-state index is -0.379. The molecule has 1 aliphatic rings. The molecule has 0 radical (unpaired) electrons. The normalized spacial score (nSPS) is 17.2. The van der Waals surface area contributed by atoms with E-state index in [1.165, 1.54) is 0 Å². The van der Waals surface area contributed by atoms with Crippen LogP contribution in [0.2, 0.25) is 0 Å². The summed E-state index contributed by atoms with van der Waals surface area (Å²) in [6.07, 6.45) is 3.77. The maximum atomic E-state index is 12.8. The second-order valence-corrected chi connectivity index (χ2v) is 8.75. The van der Waals surface area contributed by atoms with Crippen molar-refractivity contribution in [1.82, 2.24) is 19.7 Å². The molecule has 31 heavy (non-hydrogen) atoms. The summed E-state index contributed by atoms with van der Waals surface area (Å²) in [6, 6.07) is 8.43. The summed E-state index contributed by atoms with van der Waals surface area (Å²) >= 11 is 0. The van der Waals surface area contributed by atoms with Crippen LogP contribution in [0.1, 0.15) is 25.2 Å². The van der Waals surface area contributed by atoms with Gasteiger partial charge in [0.25, 0.3) is 0 Å². The van der Waals surface area contributed by atoms with Crippen LogP contribution >= 0.6 is 0 Å². The van der Waals surface area contributed by atoms with Gasteiger partial charge in [0.1, 0.15) is 5.58 Å². The van der Waals surface area contributed by atoms with Crippen LogP contribution in [-0.4, -0.2) is 40.0 Å². The number of aromatic nitrogens is 3. The van der Waals surface area contributed by atoms with Gasteiger partial charge in [-0.05, 0) is 38.0 Å². The maximum absolute atomic E-state index is 12.8. The number of nitrogens with zero attached hydrogens (tertiary/aromatic N) is 4. The monoisotopic (exact) mass is 417 g/mol. The van der Waals surface area contributed by atoms with Crippen LogP contribution < -0.4 is 15.8 Å². The summed E-state index contributed by atoms with van der Waals surface area (Å²) in [5.74, 6) is 0.566. The van der Waals surface area contributed by atoms with E-state index in [4.69, 9.17) is 4.42 Å². The van der Waals surface area contributed by atoms with Gasteiger partial charge in [0.05, 0.1) is 22.6 Å². The van der Waals surface area contributed by atoms with Gasteiger partial charge in [-0.15, -0.1) is 0 Å². The van der Waals surface area contributed by atoms with E-state index in [1.807, 2.05) is 48.8 Å². The fraction of sp³-hybridized carbons (Fsp3) is 0.375. The number of hydrogen-bond acceptors (Lipinski definition) is 6. The smallest absolute Gasteiger partial charge is 0.345 e. The molecule has 3 aromatic heterocycles. The molecule has 1 aromatic carbocycles. The Morgan fingerprint density at radius 2 is 2.00 bits per heavy atom. The molecule has 7 heteroatoms. The summed E-state index contributed by atoms with van der Waals surface area (Å²) < 4.78 is 7.65. The first kappa shape index (κ1) is 19.8. The molecular formula is C24H27N5O2. The fourth-order valence-corrected chi connectivity index (χ4v) is 4.37. The second kappa shape index (κ2) is 7.50. The quantitative estimate of drug-likeness (QED) is 0.514. The molecule has 0 amide bonds. The van der Waals surface area contributed by atoms with Crippen LogP contribution in [0.4, 0.5) is 5.69 Å². The molecule has 0 aliphatic carbocycles. The standard InChI is InChI=1S/C24H27N5O2/c1-14(2)20-12-28(8-7-25-20)18-6-5-17-9-19(24(30)31-22(17)10-18)21-13-29-11-15(3)26-16(4)23(29)27-21/h5-6,9-11,13-14,20,25H,7-8,12H2,1-4H3. The summed E-state index contributed by atoms with van der Waals surface area (Å²) in [5.41, 5.74) is 4.84. The predicted octanol–water partition coefficient (Wildman–Crippen LogP) is 3.55. The molecule has 160 valence electrons. The molecule has 0 spiro atoms. The van der Waals surface area contributed by atoms with Crippen molar-refractivity contribution < 1.29 is 4.42 Å². The van der Waals surface area contributed by atoms with Crippen molar-refractivity contribution in [2.75, 3.05) is 24.5 Å². The van der Waals surface area contributed by atoms with Gasteiger partial charge in [0.2, 0.25) is 0 Å². The van der Waals surface area contributed by atoms with Crippen molar-refractivity contribution in [3.05, 3.63) is 58.5 Å². The Labute approximate surface area is 180 Å². The average molecular weight is 418 g/mol. The molecule has 1 N–H and O–H groups in total. The van der Waals surface area contributed by atoms with Crippen LogP contribution in [0.5, 0.6) is 0 Å². The van der Waals surface area contributed by atoms with Crippen LogP contribution in [0.3, 0.4) is 0 Å². The summed E-state index contributed by atoms with van der Waals surface area (Å²) in [4.78, 5) is 24.3. The third-order valence-corrected chi connectivity index (χ3v) is 6.10. The van der Waals surface area contributed by atoms with Crippen molar-refractivity contribution in [2.45, 2.75) is 33.7 Å². The molecule has 1 fully saturated rings. The Morgan fingerprint density at radius 1 is 1.16 bits per heavy atom. The second-order valence-electron chi connectivity index (χ2n) is 8.75. The lowest BCUT2D eigenvalue weighted by molar-refractivity contribution is 0.368. The van der Waals surface area contributed by atoms with Crippen LogP contribution in [0.15, 0.2) is 45.9 Å². The van der Waals surface area contributed by atoms with E-state index in [-0.39, 0.29) is 5.63 Å². The van der Waals surface area contributed by atoms with Crippen LogP contribution in [0, 0.1) is 19.8 Å². The minimum absolute atomic E-state index is 0.379. The first-order valence-corrected chi connectivity index (χ1v) is 10.8. The summed E-state index contributed by atoms with van der Waals surface area (Å²) in [5, 5.41) is 4.47.